The number of carbonyl (C=O) groups is 1. The van der Waals surface area contributed by atoms with Crippen LogP contribution < -0.4 is 4.90 Å². The first-order chi connectivity index (χ1) is 10.6. The lowest BCUT2D eigenvalue weighted by Gasteiger charge is -2.17. The predicted octanol–water partition coefficient (Wildman–Crippen LogP) is 4.58. The van der Waals surface area contributed by atoms with E-state index in [1.165, 1.54) is 0 Å². The van der Waals surface area contributed by atoms with Gasteiger partial charge in [-0.1, -0.05) is 41.2 Å². The number of aryl methyl sites for hydroxylation is 2. The Morgan fingerprint density at radius 3 is 2.64 bits per heavy atom. The van der Waals surface area contributed by atoms with Crippen LogP contribution in [0.3, 0.4) is 0 Å². The van der Waals surface area contributed by atoms with Gasteiger partial charge in [-0.05, 0) is 44.5 Å². The highest BCUT2D eigenvalue weighted by molar-refractivity contribution is 7.22. The highest BCUT2D eigenvalue weighted by atomic mass is 32.1. The van der Waals surface area contributed by atoms with Crippen LogP contribution in [0.5, 0.6) is 0 Å². The van der Waals surface area contributed by atoms with Crippen LogP contribution in [0.25, 0.3) is 10.2 Å². The molecule has 0 bridgehead atoms. The molecule has 0 N–H and O–H groups in total. The second-order valence-electron chi connectivity index (χ2n) is 5.34. The summed E-state index contributed by atoms with van der Waals surface area (Å²) >= 11 is 1.57. The van der Waals surface area contributed by atoms with Crippen molar-refractivity contribution in [1.82, 2.24) is 4.98 Å². The molecule has 1 heterocycles. The SMILES string of the molecule is CCN(C(=O)c1cccc(C)c1)c1nc2c(C)cccc2s1. The van der Waals surface area contributed by atoms with Gasteiger partial charge in [0, 0.05) is 12.1 Å². The van der Waals surface area contributed by atoms with Gasteiger partial charge in [-0.2, -0.15) is 0 Å². The van der Waals surface area contributed by atoms with Gasteiger partial charge in [0.05, 0.1) is 10.2 Å². The number of rotatable bonds is 3. The quantitative estimate of drug-likeness (QED) is 0.709. The molecule has 112 valence electrons. The number of carbonyl (C=O) groups excluding carboxylic acids is 1. The number of anilines is 1. The molecule has 3 nitrogen and oxygen atoms in total. The number of aromatic nitrogens is 1. The van der Waals surface area contributed by atoms with E-state index in [0.717, 1.165) is 26.5 Å². The van der Waals surface area contributed by atoms with Gasteiger partial charge < -0.3 is 0 Å². The van der Waals surface area contributed by atoms with E-state index in [2.05, 4.69) is 11.1 Å². The van der Waals surface area contributed by atoms with Gasteiger partial charge >= 0.3 is 0 Å². The lowest BCUT2D eigenvalue weighted by molar-refractivity contribution is 0.0988. The predicted molar refractivity (Wildman–Crippen MR) is 92.9 cm³/mol. The van der Waals surface area contributed by atoms with Gasteiger partial charge in [0.15, 0.2) is 5.13 Å². The van der Waals surface area contributed by atoms with E-state index in [1.54, 1.807) is 16.2 Å². The molecule has 0 spiro atoms. The maximum Gasteiger partial charge on any atom is 0.260 e. The van der Waals surface area contributed by atoms with Gasteiger partial charge in [-0.15, -0.1) is 0 Å². The summed E-state index contributed by atoms with van der Waals surface area (Å²) in [6.45, 7) is 6.62. The Labute approximate surface area is 134 Å². The summed E-state index contributed by atoms with van der Waals surface area (Å²) in [5, 5.41) is 0.762. The van der Waals surface area contributed by atoms with Gasteiger partial charge in [-0.25, -0.2) is 4.98 Å². The first-order valence-corrected chi connectivity index (χ1v) is 8.16. The van der Waals surface area contributed by atoms with Gasteiger partial charge in [0.25, 0.3) is 5.91 Å². The van der Waals surface area contributed by atoms with Crippen molar-refractivity contribution < 1.29 is 4.79 Å². The van der Waals surface area contributed by atoms with Gasteiger partial charge in [-0.3, -0.25) is 9.69 Å². The number of amides is 1. The van der Waals surface area contributed by atoms with Crippen molar-refractivity contribution in [3.8, 4) is 0 Å². The lowest BCUT2D eigenvalue weighted by atomic mass is 10.1. The van der Waals surface area contributed by atoms with Crippen molar-refractivity contribution >= 4 is 32.6 Å². The smallest absolute Gasteiger partial charge is 0.260 e. The van der Waals surface area contributed by atoms with Crippen LogP contribution in [-0.2, 0) is 0 Å². The Bertz CT molecular complexity index is 838. The minimum Gasteiger partial charge on any atom is -0.284 e. The molecular formula is C18H18N2OS. The average molecular weight is 310 g/mol. The number of fused-ring (bicyclic) bond motifs is 1. The second-order valence-corrected chi connectivity index (χ2v) is 6.35. The number of hydrogen-bond donors (Lipinski definition) is 0. The van der Waals surface area contributed by atoms with E-state index < -0.39 is 0 Å². The first-order valence-electron chi connectivity index (χ1n) is 7.35. The Morgan fingerprint density at radius 2 is 1.95 bits per heavy atom. The number of thiazole rings is 1. The third kappa shape index (κ3) is 2.62. The highest BCUT2D eigenvalue weighted by Crippen LogP contribution is 2.31. The molecular weight excluding hydrogens is 292 g/mol. The molecule has 0 radical (unpaired) electrons. The molecule has 0 atom stereocenters. The molecule has 0 fully saturated rings. The summed E-state index contributed by atoms with van der Waals surface area (Å²) in [5.74, 6) is 0.00269. The minimum atomic E-state index is 0.00269. The zero-order chi connectivity index (χ0) is 15.7. The second kappa shape index (κ2) is 5.89. The number of para-hydroxylation sites is 1. The average Bonchev–Trinajstić information content (AvgIpc) is 2.93. The molecule has 0 aliphatic carbocycles. The number of hydrogen-bond acceptors (Lipinski definition) is 3. The molecule has 22 heavy (non-hydrogen) atoms. The van der Waals surface area contributed by atoms with Crippen molar-refractivity contribution in [3.63, 3.8) is 0 Å². The van der Waals surface area contributed by atoms with Crippen LogP contribution >= 0.6 is 11.3 Å². The summed E-state index contributed by atoms with van der Waals surface area (Å²) in [7, 11) is 0. The van der Waals surface area contributed by atoms with Crippen molar-refractivity contribution in [3.05, 3.63) is 59.2 Å². The van der Waals surface area contributed by atoms with Crippen LogP contribution in [0.1, 0.15) is 28.4 Å². The molecule has 3 aromatic rings. The van der Waals surface area contributed by atoms with E-state index in [4.69, 9.17) is 0 Å². The molecule has 3 rings (SSSR count). The summed E-state index contributed by atoms with van der Waals surface area (Å²) in [4.78, 5) is 19.2. The number of nitrogens with zero attached hydrogens (tertiary/aromatic N) is 2. The topological polar surface area (TPSA) is 33.2 Å². The van der Waals surface area contributed by atoms with Gasteiger partial charge in [0.1, 0.15) is 0 Å². The van der Waals surface area contributed by atoms with Crippen LogP contribution in [0, 0.1) is 13.8 Å². The molecule has 0 aliphatic heterocycles. The van der Waals surface area contributed by atoms with Crippen molar-refractivity contribution in [2.24, 2.45) is 0 Å². The Balaban J connectivity index is 2.02. The maximum absolute atomic E-state index is 12.8. The molecule has 4 heteroatoms. The van der Waals surface area contributed by atoms with Crippen LogP contribution in [-0.4, -0.2) is 17.4 Å². The standard InChI is InChI=1S/C18H18N2OS/c1-4-20(17(21)14-9-5-7-12(2)11-14)18-19-16-13(3)8-6-10-15(16)22-18/h5-11H,4H2,1-3H3. The molecule has 0 aliphatic rings. The van der Waals surface area contributed by atoms with E-state index in [9.17, 15) is 4.79 Å². The monoisotopic (exact) mass is 310 g/mol. The summed E-state index contributed by atoms with van der Waals surface area (Å²) < 4.78 is 1.12. The minimum absolute atomic E-state index is 0.00269. The Kier molecular flexibility index (Phi) is 3.94. The largest absolute Gasteiger partial charge is 0.284 e. The molecule has 2 aromatic carbocycles. The molecule has 1 aromatic heterocycles. The van der Waals surface area contributed by atoms with E-state index in [1.807, 2.05) is 57.2 Å². The normalized spacial score (nSPS) is 10.9. The van der Waals surface area contributed by atoms with Crippen molar-refractivity contribution in [2.75, 3.05) is 11.4 Å². The van der Waals surface area contributed by atoms with E-state index >= 15 is 0 Å². The van der Waals surface area contributed by atoms with Crippen LogP contribution in [0.15, 0.2) is 42.5 Å². The maximum atomic E-state index is 12.8. The van der Waals surface area contributed by atoms with Crippen molar-refractivity contribution in [1.29, 1.82) is 0 Å². The molecule has 1 amide bonds. The van der Waals surface area contributed by atoms with Crippen molar-refractivity contribution in [2.45, 2.75) is 20.8 Å². The zero-order valence-electron chi connectivity index (χ0n) is 13.0. The van der Waals surface area contributed by atoms with Gasteiger partial charge in [0.2, 0.25) is 0 Å². The third-order valence-corrected chi connectivity index (χ3v) is 4.71. The molecule has 0 unspecified atom stereocenters. The summed E-state index contributed by atoms with van der Waals surface area (Å²) in [5.41, 5.74) is 3.91. The summed E-state index contributed by atoms with van der Waals surface area (Å²) in [6, 6.07) is 13.8. The highest BCUT2D eigenvalue weighted by Gasteiger charge is 2.20. The first kappa shape index (κ1) is 14.7. The van der Waals surface area contributed by atoms with Crippen LogP contribution in [0.4, 0.5) is 5.13 Å². The van der Waals surface area contributed by atoms with Crippen LogP contribution in [0.2, 0.25) is 0 Å². The van der Waals surface area contributed by atoms with E-state index in [-0.39, 0.29) is 5.91 Å². The summed E-state index contributed by atoms with van der Waals surface area (Å²) in [6.07, 6.45) is 0. The number of benzene rings is 2. The fourth-order valence-corrected chi connectivity index (χ4v) is 3.60. The lowest BCUT2D eigenvalue weighted by Crippen LogP contribution is -2.30. The van der Waals surface area contributed by atoms with E-state index in [0.29, 0.717) is 12.1 Å². The third-order valence-electron chi connectivity index (χ3n) is 3.67. The zero-order valence-corrected chi connectivity index (χ0v) is 13.8. The Morgan fingerprint density at radius 1 is 1.18 bits per heavy atom. The fourth-order valence-electron chi connectivity index (χ4n) is 2.49. The fraction of sp³-hybridized carbons (Fsp3) is 0.222. The Hall–Kier alpha value is -2.20. The molecule has 0 saturated carbocycles. The molecule has 0 saturated heterocycles.